The maximum absolute atomic E-state index is 5.98. The van der Waals surface area contributed by atoms with Crippen LogP contribution in [0.25, 0.3) is 0 Å². The summed E-state index contributed by atoms with van der Waals surface area (Å²) in [6.45, 7) is 8.26. The van der Waals surface area contributed by atoms with E-state index in [0.717, 1.165) is 13.2 Å². The monoisotopic (exact) mass is 247 g/mol. The van der Waals surface area contributed by atoms with E-state index in [-0.39, 0.29) is 0 Å². The maximum atomic E-state index is 5.98. The molecule has 1 N–H and O–H groups in total. The molecule has 0 radical (unpaired) electrons. The zero-order valence-electron chi connectivity index (χ0n) is 11.8. The predicted molar refractivity (Wildman–Crippen MR) is 75.9 cm³/mol. The average molecular weight is 247 g/mol. The number of rotatable bonds is 6. The SMILES string of the molecule is CCNC(COC1CCC1)c1cc(C)ccc1C. The van der Waals surface area contributed by atoms with Gasteiger partial charge in [0.2, 0.25) is 0 Å². The minimum atomic E-state index is 0.329. The molecule has 18 heavy (non-hydrogen) atoms. The normalized spacial score (nSPS) is 17.5. The van der Waals surface area contributed by atoms with Gasteiger partial charge in [-0.3, -0.25) is 0 Å². The molecular formula is C16H25NO. The van der Waals surface area contributed by atoms with E-state index in [1.807, 2.05) is 0 Å². The molecule has 0 spiro atoms. The second-order valence-corrected chi connectivity index (χ2v) is 5.36. The third-order valence-electron chi connectivity index (χ3n) is 3.81. The summed E-state index contributed by atoms with van der Waals surface area (Å²) in [5, 5.41) is 3.55. The number of benzene rings is 1. The Labute approximate surface area is 111 Å². The van der Waals surface area contributed by atoms with E-state index in [2.05, 4.69) is 44.3 Å². The Morgan fingerprint density at radius 3 is 2.72 bits per heavy atom. The Balaban J connectivity index is 2.04. The molecule has 100 valence electrons. The minimum Gasteiger partial charge on any atom is -0.376 e. The zero-order valence-corrected chi connectivity index (χ0v) is 11.8. The molecule has 0 saturated heterocycles. The van der Waals surface area contributed by atoms with Gasteiger partial charge in [0.15, 0.2) is 0 Å². The predicted octanol–water partition coefficient (Wildman–Crippen LogP) is 3.52. The molecule has 1 aliphatic carbocycles. The molecule has 0 aromatic heterocycles. The molecule has 1 saturated carbocycles. The van der Waals surface area contributed by atoms with Crippen LogP contribution in [-0.4, -0.2) is 19.3 Å². The van der Waals surface area contributed by atoms with Gasteiger partial charge in [0.05, 0.1) is 18.8 Å². The van der Waals surface area contributed by atoms with Crippen LogP contribution in [0.1, 0.15) is 48.9 Å². The largest absolute Gasteiger partial charge is 0.376 e. The first-order chi connectivity index (χ1) is 8.70. The molecular weight excluding hydrogens is 222 g/mol. The van der Waals surface area contributed by atoms with E-state index in [9.17, 15) is 0 Å². The molecule has 0 bridgehead atoms. The maximum Gasteiger partial charge on any atom is 0.0665 e. The van der Waals surface area contributed by atoms with Gasteiger partial charge in [0, 0.05) is 0 Å². The summed E-state index contributed by atoms with van der Waals surface area (Å²) in [6, 6.07) is 7.00. The van der Waals surface area contributed by atoms with Crippen molar-refractivity contribution < 1.29 is 4.74 Å². The lowest BCUT2D eigenvalue weighted by atomic mass is 9.95. The van der Waals surface area contributed by atoms with Crippen molar-refractivity contribution in [2.24, 2.45) is 0 Å². The average Bonchev–Trinajstić information content (AvgIpc) is 2.29. The van der Waals surface area contributed by atoms with Crippen LogP contribution in [0.5, 0.6) is 0 Å². The molecule has 1 unspecified atom stereocenters. The summed E-state index contributed by atoms with van der Waals surface area (Å²) in [7, 11) is 0. The zero-order chi connectivity index (χ0) is 13.0. The van der Waals surface area contributed by atoms with Crippen LogP contribution in [0.3, 0.4) is 0 Å². The Kier molecular flexibility index (Phi) is 4.79. The molecule has 0 amide bonds. The third kappa shape index (κ3) is 3.33. The van der Waals surface area contributed by atoms with Crippen LogP contribution in [0, 0.1) is 13.8 Å². The molecule has 2 nitrogen and oxygen atoms in total. The summed E-state index contributed by atoms with van der Waals surface area (Å²) in [4.78, 5) is 0. The van der Waals surface area contributed by atoms with Crippen molar-refractivity contribution >= 4 is 0 Å². The first-order valence-corrected chi connectivity index (χ1v) is 7.13. The lowest BCUT2D eigenvalue weighted by molar-refractivity contribution is -0.00868. The lowest BCUT2D eigenvalue weighted by Gasteiger charge is -2.29. The number of hydrogen-bond acceptors (Lipinski definition) is 2. The molecule has 1 fully saturated rings. The first-order valence-electron chi connectivity index (χ1n) is 7.13. The second-order valence-electron chi connectivity index (χ2n) is 5.36. The van der Waals surface area contributed by atoms with Crippen LogP contribution < -0.4 is 5.32 Å². The van der Waals surface area contributed by atoms with Crippen LogP contribution in [0.2, 0.25) is 0 Å². The van der Waals surface area contributed by atoms with E-state index >= 15 is 0 Å². The molecule has 2 heteroatoms. The Morgan fingerprint density at radius 2 is 2.11 bits per heavy atom. The molecule has 1 aromatic carbocycles. The van der Waals surface area contributed by atoms with Gasteiger partial charge in [-0.1, -0.05) is 30.7 Å². The fraction of sp³-hybridized carbons (Fsp3) is 0.625. The van der Waals surface area contributed by atoms with Crippen molar-refractivity contribution in [1.82, 2.24) is 5.32 Å². The van der Waals surface area contributed by atoms with E-state index in [1.165, 1.54) is 36.0 Å². The van der Waals surface area contributed by atoms with Gasteiger partial charge in [0.25, 0.3) is 0 Å². The van der Waals surface area contributed by atoms with Crippen LogP contribution in [0.15, 0.2) is 18.2 Å². The minimum absolute atomic E-state index is 0.329. The van der Waals surface area contributed by atoms with Crippen molar-refractivity contribution in [1.29, 1.82) is 0 Å². The summed E-state index contributed by atoms with van der Waals surface area (Å²) in [5.74, 6) is 0. The van der Waals surface area contributed by atoms with E-state index in [1.54, 1.807) is 0 Å². The molecule has 1 aromatic rings. The summed E-state index contributed by atoms with van der Waals surface area (Å²) in [6.07, 6.45) is 4.33. The Bertz CT molecular complexity index is 385. The summed E-state index contributed by atoms with van der Waals surface area (Å²) in [5.41, 5.74) is 4.06. The Morgan fingerprint density at radius 1 is 1.33 bits per heavy atom. The smallest absolute Gasteiger partial charge is 0.0665 e. The van der Waals surface area contributed by atoms with Gasteiger partial charge in [-0.2, -0.15) is 0 Å². The molecule has 2 rings (SSSR count). The van der Waals surface area contributed by atoms with Gasteiger partial charge in [-0.25, -0.2) is 0 Å². The van der Waals surface area contributed by atoms with Gasteiger partial charge in [-0.15, -0.1) is 0 Å². The lowest BCUT2D eigenvalue weighted by Crippen LogP contribution is -2.30. The highest BCUT2D eigenvalue weighted by molar-refractivity contribution is 5.33. The van der Waals surface area contributed by atoms with Crippen LogP contribution in [0.4, 0.5) is 0 Å². The number of hydrogen-bond donors (Lipinski definition) is 1. The van der Waals surface area contributed by atoms with Crippen molar-refractivity contribution in [2.45, 2.75) is 52.2 Å². The topological polar surface area (TPSA) is 21.3 Å². The molecule has 0 heterocycles. The number of aryl methyl sites for hydroxylation is 2. The van der Waals surface area contributed by atoms with E-state index in [4.69, 9.17) is 4.74 Å². The number of likely N-dealkylation sites (N-methyl/N-ethyl adjacent to an activating group) is 1. The van der Waals surface area contributed by atoms with Crippen LogP contribution in [-0.2, 0) is 4.74 Å². The van der Waals surface area contributed by atoms with E-state index < -0.39 is 0 Å². The highest BCUT2D eigenvalue weighted by Gasteiger charge is 2.21. The number of ether oxygens (including phenoxy) is 1. The summed E-state index contributed by atoms with van der Waals surface area (Å²) >= 11 is 0. The van der Waals surface area contributed by atoms with Crippen LogP contribution >= 0.6 is 0 Å². The highest BCUT2D eigenvalue weighted by atomic mass is 16.5. The van der Waals surface area contributed by atoms with Gasteiger partial charge >= 0.3 is 0 Å². The molecule has 1 aliphatic rings. The summed E-state index contributed by atoms with van der Waals surface area (Å²) < 4.78 is 5.98. The van der Waals surface area contributed by atoms with Crippen molar-refractivity contribution in [3.05, 3.63) is 34.9 Å². The van der Waals surface area contributed by atoms with Gasteiger partial charge in [0.1, 0.15) is 0 Å². The molecule has 1 atom stereocenters. The number of nitrogens with one attached hydrogen (secondary N) is 1. The molecule has 0 aliphatic heterocycles. The second kappa shape index (κ2) is 6.35. The Hall–Kier alpha value is -0.860. The van der Waals surface area contributed by atoms with Crippen molar-refractivity contribution in [2.75, 3.05) is 13.2 Å². The fourth-order valence-corrected chi connectivity index (χ4v) is 2.41. The first kappa shape index (κ1) is 13.6. The van der Waals surface area contributed by atoms with Crippen molar-refractivity contribution in [3.63, 3.8) is 0 Å². The third-order valence-corrected chi connectivity index (χ3v) is 3.81. The van der Waals surface area contributed by atoms with Gasteiger partial charge in [-0.05, 0) is 50.8 Å². The fourth-order valence-electron chi connectivity index (χ4n) is 2.41. The van der Waals surface area contributed by atoms with E-state index in [0.29, 0.717) is 12.1 Å². The van der Waals surface area contributed by atoms with Crippen molar-refractivity contribution in [3.8, 4) is 0 Å². The quantitative estimate of drug-likeness (QED) is 0.830. The highest BCUT2D eigenvalue weighted by Crippen LogP contribution is 2.25. The van der Waals surface area contributed by atoms with Gasteiger partial charge < -0.3 is 10.1 Å². The standard InChI is InChI=1S/C16H25NO/c1-4-17-16(11-18-14-6-5-7-14)15-10-12(2)8-9-13(15)3/h8-10,14,16-17H,4-7,11H2,1-3H3.